The lowest BCUT2D eigenvalue weighted by molar-refractivity contribution is 0.590. The van der Waals surface area contributed by atoms with Gasteiger partial charge >= 0.3 is 0 Å². The van der Waals surface area contributed by atoms with Crippen LogP contribution >= 0.6 is 0 Å². The van der Waals surface area contributed by atoms with Crippen LogP contribution in [0.15, 0.2) is 152 Å². The second-order valence-electron chi connectivity index (χ2n) is 19.5. The van der Waals surface area contributed by atoms with Crippen molar-refractivity contribution >= 4 is 79.0 Å². The summed E-state index contributed by atoms with van der Waals surface area (Å²) in [5.74, 6) is 0. The van der Waals surface area contributed by atoms with E-state index in [0.717, 1.165) is 11.4 Å². The van der Waals surface area contributed by atoms with Gasteiger partial charge in [-0.2, -0.15) is 0 Å². The molecular weight excluding hydrogens is 701 g/mol. The van der Waals surface area contributed by atoms with Gasteiger partial charge < -0.3 is 14.4 Å². The molecule has 0 aliphatic carbocycles. The lowest BCUT2D eigenvalue weighted by atomic mass is 9.33. The Labute approximate surface area is 344 Å². The van der Waals surface area contributed by atoms with Gasteiger partial charge in [-0.3, -0.25) is 0 Å². The topological polar surface area (TPSA) is 11.4 Å². The van der Waals surface area contributed by atoms with E-state index in [9.17, 15) is 0 Å². The molecule has 8 aromatic rings. The molecule has 4 heteroatoms. The molecule has 1 aromatic heterocycles. The fourth-order valence-electron chi connectivity index (χ4n) is 9.51. The second kappa shape index (κ2) is 12.8. The zero-order valence-electron chi connectivity index (χ0n) is 35.4. The van der Waals surface area contributed by atoms with E-state index in [1.54, 1.807) is 0 Å². The van der Waals surface area contributed by atoms with Crippen molar-refractivity contribution in [1.82, 2.24) is 4.57 Å². The fraction of sp³-hybridized carbons (Fsp3) is 0.222. The van der Waals surface area contributed by atoms with Crippen LogP contribution in [-0.4, -0.2) is 11.3 Å². The summed E-state index contributed by atoms with van der Waals surface area (Å²) >= 11 is 0. The molecule has 286 valence electrons. The highest BCUT2D eigenvalue weighted by Gasteiger charge is 2.44. The SMILES string of the molecule is CC(C)(C)c1ccc(N2c3ccc(C(C)(C)C)cc3B3c4ccc(-n5c6ccccc6c6ccccc65)cc4N(c4ccc(C(C)(C)C)cc4)c4cccc2c43)cc1. The van der Waals surface area contributed by atoms with E-state index in [2.05, 4.69) is 228 Å². The van der Waals surface area contributed by atoms with Crippen LogP contribution < -0.4 is 26.2 Å². The van der Waals surface area contributed by atoms with E-state index >= 15 is 0 Å². The highest BCUT2D eigenvalue weighted by molar-refractivity contribution is 7.00. The van der Waals surface area contributed by atoms with Gasteiger partial charge in [-0.25, -0.2) is 0 Å². The Balaban J connectivity index is 1.26. The molecule has 0 saturated carbocycles. The molecule has 2 aliphatic heterocycles. The normalized spacial score (nSPS) is 13.8. The molecular formula is C54H52BN3. The molecule has 3 nitrogen and oxygen atoms in total. The average Bonchev–Trinajstić information content (AvgIpc) is 3.54. The maximum atomic E-state index is 2.54. The third-order valence-electron chi connectivity index (χ3n) is 12.7. The Bertz CT molecular complexity index is 2840. The maximum Gasteiger partial charge on any atom is 0.252 e. The third kappa shape index (κ3) is 5.63. The van der Waals surface area contributed by atoms with Gasteiger partial charge in [-0.15, -0.1) is 0 Å². The Kier molecular flexibility index (Phi) is 7.99. The van der Waals surface area contributed by atoms with E-state index in [0.29, 0.717) is 0 Å². The van der Waals surface area contributed by atoms with Gasteiger partial charge in [-0.1, -0.05) is 147 Å². The van der Waals surface area contributed by atoms with Gasteiger partial charge in [0.15, 0.2) is 0 Å². The summed E-state index contributed by atoms with van der Waals surface area (Å²) in [7, 11) is 0. The molecule has 0 spiro atoms. The predicted molar refractivity (Wildman–Crippen MR) is 251 cm³/mol. The highest BCUT2D eigenvalue weighted by atomic mass is 15.2. The molecule has 10 rings (SSSR count). The minimum atomic E-state index is -0.00721. The van der Waals surface area contributed by atoms with Crippen LogP contribution in [0, 0.1) is 0 Å². The largest absolute Gasteiger partial charge is 0.311 e. The van der Waals surface area contributed by atoms with E-state index < -0.39 is 0 Å². The van der Waals surface area contributed by atoms with Crippen LogP contribution in [-0.2, 0) is 16.2 Å². The Morgan fingerprint density at radius 3 is 1.34 bits per heavy atom. The minimum absolute atomic E-state index is 0.00721. The predicted octanol–water partition coefficient (Wildman–Crippen LogP) is 12.8. The molecule has 2 aliphatic rings. The first-order valence-electron chi connectivity index (χ1n) is 20.9. The number of aromatic nitrogens is 1. The molecule has 0 fully saturated rings. The average molecular weight is 754 g/mol. The summed E-state index contributed by atoms with van der Waals surface area (Å²) in [5.41, 5.74) is 19.0. The van der Waals surface area contributed by atoms with Gasteiger partial charge in [0.05, 0.1) is 11.0 Å². The molecule has 7 aromatic carbocycles. The first kappa shape index (κ1) is 36.4. The Morgan fingerprint density at radius 2 is 0.828 bits per heavy atom. The monoisotopic (exact) mass is 753 g/mol. The zero-order valence-corrected chi connectivity index (χ0v) is 35.4. The van der Waals surface area contributed by atoms with E-state index in [4.69, 9.17) is 0 Å². The van der Waals surface area contributed by atoms with Gasteiger partial charge in [0, 0.05) is 50.6 Å². The van der Waals surface area contributed by atoms with E-state index in [1.165, 1.54) is 83.3 Å². The van der Waals surface area contributed by atoms with Crippen LogP contribution in [0.1, 0.15) is 79.0 Å². The number of benzene rings is 7. The van der Waals surface area contributed by atoms with Gasteiger partial charge in [0.1, 0.15) is 0 Å². The van der Waals surface area contributed by atoms with Gasteiger partial charge in [-0.05, 0) is 116 Å². The highest BCUT2D eigenvalue weighted by Crippen LogP contribution is 2.46. The van der Waals surface area contributed by atoms with Crippen LogP contribution in [0.3, 0.4) is 0 Å². The molecule has 58 heavy (non-hydrogen) atoms. The molecule has 0 radical (unpaired) electrons. The van der Waals surface area contributed by atoms with Crippen LogP contribution in [0.5, 0.6) is 0 Å². The van der Waals surface area contributed by atoms with Crippen molar-refractivity contribution < 1.29 is 0 Å². The van der Waals surface area contributed by atoms with Gasteiger partial charge in [0.25, 0.3) is 6.71 Å². The molecule has 0 saturated heterocycles. The van der Waals surface area contributed by atoms with Crippen LogP contribution in [0.25, 0.3) is 27.5 Å². The molecule has 0 bridgehead atoms. The number of para-hydroxylation sites is 2. The van der Waals surface area contributed by atoms with Crippen molar-refractivity contribution in [1.29, 1.82) is 0 Å². The maximum absolute atomic E-state index is 2.54. The van der Waals surface area contributed by atoms with Crippen molar-refractivity contribution in [2.45, 2.75) is 78.6 Å². The first-order chi connectivity index (χ1) is 27.7. The van der Waals surface area contributed by atoms with Crippen LogP contribution in [0.2, 0.25) is 0 Å². The smallest absolute Gasteiger partial charge is 0.252 e. The van der Waals surface area contributed by atoms with E-state index in [1.807, 2.05) is 0 Å². The first-order valence-corrected chi connectivity index (χ1v) is 20.9. The summed E-state index contributed by atoms with van der Waals surface area (Å²) in [4.78, 5) is 5.05. The van der Waals surface area contributed by atoms with Crippen molar-refractivity contribution in [2.24, 2.45) is 0 Å². The number of hydrogen-bond donors (Lipinski definition) is 0. The minimum Gasteiger partial charge on any atom is -0.311 e. The summed E-state index contributed by atoms with van der Waals surface area (Å²) in [6.45, 7) is 20.8. The number of fused-ring (bicyclic) bond motifs is 7. The van der Waals surface area contributed by atoms with Crippen molar-refractivity contribution in [3.8, 4) is 5.69 Å². The molecule has 0 amide bonds. The summed E-state index contributed by atoms with van der Waals surface area (Å²) in [6, 6.07) is 57.6. The van der Waals surface area contributed by atoms with Crippen molar-refractivity contribution in [2.75, 3.05) is 9.80 Å². The van der Waals surface area contributed by atoms with Gasteiger partial charge in [0.2, 0.25) is 0 Å². The lowest BCUT2D eigenvalue weighted by Crippen LogP contribution is -2.61. The molecule has 0 atom stereocenters. The second-order valence-corrected chi connectivity index (χ2v) is 19.5. The number of rotatable bonds is 3. The van der Waals surface area contributed by atoms with Crippen molar-refractivity contribution in [3.63, 3.8) is 0 Å². The molecule has 3 heterocycles. The van der Waals surface area contributed by atoms with E-state index in [-0.39, 0.29) is 23.0 Å². The Morgan fingerprint density at radius 1 is 0.362 bits per heavy atom. The number of hydrogen-bond acceptors (Lipinski definition) is 2. The molecule has 0 unspecified atom stereocenters. The summed E-state index contributed by atoms with van der Waals surface area (Å²) < 4.78 is 2.45. The fourth-order valence-corrected chi connectivity index (χ4v) is 9.51. The third-order valence-corrected chi connectivity index (χ3v) is 12.7. The summed E-state index contributed by atoms with van der Waals surface area (Å²) in [6.07, 6.45) is 0. The van der Waals surface area contributed by atoms with Crippen molar-refractivity contribution in [3.05, 3.63) is 168 Å². The standard InChI is InChI=1S/C54H52BN3/c1-52(2,3)35-21-26-38(27-22-35)56-47-32-25-37(54(7,8)9)33-44(47)55-43-31-30-40(58-45-17-12-10-15-41(45)42-16-11-13-18-46(42)58)34-50(43)57(49-20-14-19-48(56)51(49)55)39-28-23-36(24-29-39)53(4,5)6/h10-34H,1-9H3. The quantitative estimate of drug-likeness (QED) is 0.167. The molecule has 0 N–H and O–H groups in total. The lowest BCUT2D eigenvalue weighted by Gasteiger charge is -2.44. The van der Waals surface area contributed by atoms with Crippen LogP contribution in [0.4, 0.5) is 34.1 Å². The summed E-state index contributed by atoms with van der Waals surface area (Å²) in [5, 5.41) is 2.54. The Hall–Kier alpha value is -6.00. The number of anilines is 6. The zero-order chi connectivity index (χ0) is 40.3. The number of nitrogens with zero attached hydrogens (tertiary/aromatic N) is 3.